The molecule has 1 heterocycles. The van der Waals surface area contributed by atoms with Crippen molar-refractivity contribution in [2.45, 2.75) is 94.7 Å². The Bertz CT molecular complexity index is 268. The molecule has 1 saturated heterocycles. The molecule has 3 aliphatic rings. The number of hydrogen-bond donors (Lipinski definition) is 1. The van der Waals surface area contributed by atoms with Gasteiger partial charge in [-0.1, -0.05) is 26.2 Å². The van der Waals surface area contributed by atoms with Gasteiger partial charge in [-0.25, -0.2) is 0 Å². The summed E-state index contributed by atoms with van der Waals surface area (Å²) in [6.45, 7) is 3.33. The first-order chi connectivity index (χ1) is 8.76. The van der Waals surface area contributed by atoms with Crippen molar-refractivity contribution in [2.24, 2.45) is 0 Å². The third-order valence-electron chi connectivity index (χ3n) is 5.76. The van der Waals surface area contributed by atoms with Crippen molar-refractivity contribution in [3.63, 3.8) is 0 Å². The molecule has 0 aromatic heterocycles. The van der Waals surface area contributed by atoms with Gasteiger partial charge in [-0.15, -0.1) is 0 Å². The van der Waals surface area contributed by atoms with E-state index < -0.39 is 0 Å². The van der Waals surface area contributed by atoms with Gasteiger partial charge in [0.1, 0.15) is 0 Å². The van der Waals surface area contributed by atoms with E-state index in [4.69, 9.17) is 4.74 Å². The first-order valence-electron chi connectivity index (χ1n) is 8.18. The second-order valence-corrected chi connectivity index (χ2v) is 6.91. The summed E-state index contributed by atoms with van der Waals surface area (Å²) in [6, 6.07) is 0.720. The molecule has 0 amide bonds. The molecule has 2 saturated carbocycles. The molecule has 0 bridgehead atoms. The van der Waals surface area contributed by atoms with Crippen LogP contribution in [0.2, 0.25) is 0 Å². The minimum atomic E-state index is 0.257. The Morgan fingerprint density at radius 1 is 1.06 bits per heavy atom. The van der Waals surface area contributed by atoms with Gasteiger partial charge >= 0.3 is 0 Å². The Kier molecular flexibility index (Phi) is 3.68. The number of rotatable bonds is 3. The molecule has 1 atom stereocenters. The van der Waals surface area contributed by atoms with Crippen LogP contribution in [0.1, 0.15) is 77.6 Å². The molecule has 2 heteroatoms. The summed E-state index contributed by atoms with van der Waals surface area (Å²) in [5.41, 5.74) is 0.755. The maximum atomic E-state index is 6.20. The molecule has 1 unspecified atom stereocenters. The lowest BCUT2D eigenvalue weighted by atomic mass is 9.72. The highest BCUT2D eigenvalue weighted by Crippen LogP contribution is 2.41. The lowest BCUT2D eigenvalue weighted by molar-refractivity contribution is -0.113. The molecule has 1 aliphatic heterocycles. The van der Waals surface area contributed by atoms with E-state index in [9.17, 15) is 0 Å². The summed E-state index contributed by atoms with van der Waals surface area (Å²) in [7, 11) is 0. The summed E-state index contributed by atoms with van der Waals surface area (Å²) in [6.07, 6.45) is 14.8. The van der Waals surface area contributed by atoms with E-state index in [0.717, 1.165) is 12.6 Å². The number of hydrogen-bond acceptors (Lipinski definition) is 2. The lowest BCUT2D eigenvalue weighted by Gasteiger charge is -2.49. The van der Waals surface area contributed by atoms with Gasteiger partial charge in [0.15, 0.2) is 0 Å². The smallest absolute Gasteiger partial charge is 0.0697 e. The fraction of sp³-hybridized carbons (Fsp3) is 1.00. The molecule has 0 radical (unpaired) electrons. The van der Waals surface area contributed by atoms with Gasteiger partial charge in [-0.05, 0) is 51.4 Å². The first kappa shape index (κ1) is 12.9. The van der Waals surface area contributed by atoms with Crippen LogP contribution in [0.4, 0.5) is 0 Å². The molecule has 0 aromatic rings. The van der Waals surface area contributed by atoms with E-state index in [0.29, 0.717) is 5.54 Å². The zero-order valence-corrected chi connectivity index (χ0v) is 12.0. The van der Waals surface area contributed by atoms with Crippen molar-refractivity contribution in [1.82, 2.24) is 5.32 Å². The van der Waals surface area contributed by atoms with E-state index in [1.54, 1.807) is 0 Å². The van der Waals surface area contributed by atoms with Crippen LogP contribution in [0, 0.1) is 0 Å². The van der Waals surface area contributed by atoms with Crippen LogP contribution in [-0.4, -0.2) is 23.8 Å². The molecule has 2 nitrogen and oxygen atoms in total. The van der Waals surface area contributed by atoms with Crippen molar-refractivity contribution < 1.29 is 4.74 Å². The van der Waals surface area contributed by atoms with Crippen LogP contribution in [0.5, 0.6) is 0 Å². The van der Waals surface area contributed by atoms with Gasteiger partial charge in [-0.2, -0.15) is 0 Å². The van der Waals surface area contributed by atoms with Crippen molar-refractivity contribution >= 4 is 0 Å². The van der Waals surface area contributed by atoms with Crippen LogP contribution < -0.4 is 5.32 Å². The molecule has 1 spiro atoms. The minimum Gasteiger partial charge on any atom is -0.375 e. The molecule has 104 valence electrons. The highest BCUT2D eigenvalue weighted by molar-refractivity contribution is 5.00. The molecular weight excluding hydrogens is 222 g/mol. The van der Waals surface area contributed by atoms with Crippen LogP contribution in [0.15, 0.2) is 0 Å². The molecule has 0 aromatic carbocycles. The average molecular weight is 251 g/mol. The average Bonchev–Trinajstić information content (AvgIpc) is 2.35. The van der Waals surface area contributed by atoms with Crippen LogP contribution in [0.25, 0.3) is 0 Å². The van der Waals surface area contributed by atoms with Crippen LogP contribution in [-0.2, 0) is 4.74 Å². The largest absolute Gasteiger partial charge is 0.375 e. The normalized spacial score (nSPS) is 34.2. The summed E-state index contributed by atoms with van der Waals surface area (Å²) >= 11 is 0. The van der Waals surface area contributed by atoms with Gasteiger partial charge < -0.3 is 10.1 Å². The van der Waals surface area contributed by atoms with Crippen molar-refractivity contribution in [2.75, 3.05) is 6.61 Å². The topological polar surface area (TPSA) is 21.3 Å². The fourth-order valence-electron chi connectivity index (χ4n) is 4.33. The predicted octanol–water partition coefficient (Wildman–Crippen LogP) is 3.79. The van der Waals surface area contributed by atoms with Crippen molar-refractivity contribution in [3.05, 3.63) is 0 Å². The quantitative estimate of drug-likeness (QED) is 0.824. The van der Waals surface area contributed by atoms with Crippen molar-refractivity contribution in [1.29, 1.82) is 0 Å². The zero-order chi connectivity index (χ0) is 12.5. The number of ether oxygens (including phenoxy) is 1. The zero-order valence-electron chi connectivity index (χ0n) is 12.0. The van der Waals surface area contributed by atoms with Crippen LogP contribution in [0.3, 0.4) is 0 Å². The van der Waals surface area contributed by atoms with Crippen LogP contribution >= 0.6 is 0 Å². The maximum Gasteiger partial charge on any atom is 0.0697 e. The lowest BCUT2D eigenvalue weighted by Crippen LogP contribution is -2.58. The van der Waals surface area contributed by atoms with Gasteiger partial charge in [0, 0.05) is 18.2 Å². The second kappa shape index (κ2) is 5.13. The highest BCUT2D eigenvalue weighted by atomic mass is 16.5. The molecular formula is C16H29NO. The van der Waals surface area contributed by atoms with E-state index in [1.807, 2.05) is 0 Å². The second-order valence-electron chi connectivity index (χ2n) is 6.91. The van der Waals surface area contributed by atoms with Gasteiger partial charge in [-0.3, -0.25) is 0 Å². The Hall–Kier alpha value is -0.0800. The van der Waals surface area contributed by atoms with E-state index in [1.165, 1.54) is 70.6 Å². The third kappa shape index (κ3) is 2.46. The van der Waals surface area contributed by atoms with Gasteiger partial charge in [0.05, 0.1) is 5.60 Å². The third-order valence-corrected chi connectivity index (χ3v) is 5.76. The predicted molar refractivity (Wildman–Crippen MR) is 74.8 cm³/mol. The summed E-state index contributed by atoms with van der Waals surface area (Å²) < 4.78 is 6.20. The maximum absolute atomic E-state index is 6.20. The minimum absolute atomic E-state index is 0.257. The van der Waals surface area contributed by atoms with Crippen molar-refractivity contribution in [3.8, 4) is 0 Å². The highest BCUT2D eigenvalue weighted by Gasteiger charge is 2.42. The summed E-state index contributed by atoms with van der Waals surface area (Å²) in [5.74, 6) is 0. The molecule has 1 N–H and O–H groups in total. The van der Waals surface area contributed by atoms with Gasteiger partial charge in [0.25, 0.3) is 0 Å². The Balaban J connectivity index is 1.59. The summed E-state index contributed by atoms with van der Waals surface area (Å²) in [5, 5.41) is 4.01. The molecule has 18 heavy (non-hydrogen) atoms. The molecule has 3 rings (SSSR count). The Labute approximate surface area is 112 Å². The standard InChI is InChI=1S/C16H29NO/c1-2-15(8-6-9-15)17-14-7-12-18-16(13-14)10-4-3-5-11-16/h14,17H,2-13H2,1H3. The monoisotopic (exact) mass is 251 g/mol. The summed E-state index contributed by atoms with van der Waals surface area (Å²) in [4.78, 5) is 0. The fourth-order valence-corrected chi connectivity index (χ4v) is 4.33. The number of nitrogens with one attached hydrogen (secondary N) is 1. The van der Waals surface area contributed by atoms with E-state index in [-0.39, 0.29) is 5.60 Å². The van der Waals surface area contributed by atoms with E-state index in [2.05, 4.69) is 12.2 Å². The Morgan fingerprint density at radius 3 is 2.44 bits per heavy atom. The Morgan fingerprint density at radius 2 is 1.83 bits per heavy atom. The molecule has 3 fully saturated rings. The van der Waals surface area contributed by atoms with Gasteiger partial charge in [0.2, 0.25) is 0 Å². The van der Waals surface area contributed by atoms with E-state index >= 15 is 0 Å². The first-order valence-corrected chi connectivity index (χ1v) is 8.18. The molecule has 2 aliphatic carbocycles. The SMILES string of the molecule is CCC1(NC2CCOC3(CCCCC3)C2)CCC1.